The molecule has 0 spiro atoms. The van der Waals surface area contributed by atoms with Crippen LogP contribution in [0.15, 0.2) is 23.2 Å². The van der Waals surface area contributed by atoms with Crippen LogP contribution in [0.5, 0.6) is 11.5 Å². The highest BCUT2D eigenvalue weighted by Crippen LogP contribution is 2.30. The molecular formula is C20H33N3O3. The van der Waals surface area contributed by atoms with Gasteiger partial charge in [-0.3, -0.25) is 0 Å². The Morgan fingerprint density at radius 1 is 1.19 bits per heavy atom. The van der Waals surface area contributed by atoms with Crippen LogP contribution in [0.25, 0.3) is 0 Å². The maximum absolute atomic E-state index is 5.75. The highest BCUT2D eigenvalue weighted by molar-refractivity contribution is 5.79. The van der Waals surface area contributed by atoms with E-state index in [0.717, 1.165) is 36.0 Å². The molecule has 1 aliphatic heterocycles. The number of benzene rings is 1. The summed E-state index contributed by atoms with van der Waals surface area (Å²) in [5.74, 6) is 2.40. The van der Waals surface area contributed by atoms with Gasteiger partial charge in [0.2, 0.25) is 0 Å². The summed E-state index contributed by atoms with van der Waals surface area (Å²) in [4.78, 5) is 4.69. The maximum atomic E-state index is 5.75. The van der Waals surface area contributed by atoms with E-state index in [-0.39, 0.29) is 11.5 Å². The minimum Gasteiger partial charge on any atom is -0.490 e. The molecule has 6 heteroatoms. The van der Waals surface area contributed by atoms with Crippen molar-refractivity contribution in [2.45, 2.75) is 46.8 Å². The Hall–Kier alpha value is -1.95. The monoisotopic (exact) mass is 363 g/mol. The Labute approximate surface area is 157 Å². The molecule has 0 saturated carbocycles. The first-order chi connectivity index (χ1) is 12.4. The Kier molecular flexibility index (Phi) is 7.57. The van der Waals surface area contributed by atoms with Gasteiger partial charge in [-0.15, -0.1) is 0 Å². The lowest BCUT2D eigenvalue weighted by molar-refractivity contribution is 0.0205. The molecule has 1 aromatic carbocycles. The molecule has 146 valence electrons. The third-order valence-electron chi connectivity index (χ3n) is 4.28. The number of guanidine groups is 1. The highest BCUT2D eigenvalue weighted by atomic mass is 16.5. The van der Waals surface area contributed by atoms with Gasteiger partial charge in [0.15, 0.2) is 17.5 Å². The topological polar surface area (TPSA) is 64.1 Å². The largest absolute Gasteiger partial charge is 0.490 e. The fourth-order valence-corrected chi connectivity index (χ4v) is 2.75. The molecule has 1 aromatic rings. The number of hydrogen-bond donors (Lipinski definition) is 2. The summed E-state index contributed by atoms with van der Waals surface area (Å²) in [5.41, 5.74) is 1.15. The summed E-state index contributed by atoms with van der Waals surface area (Å²) in [6.07, 6.45) is 1.01. The molecule has 0 radical (unpaired) electrons. The third-order valence-corrected chi connectivity index (χ3v) is 4.28. The Morgan fingerprint density at radius 2 is 1.92 bits per heavy atom. The normalized spacial score (nSPS) is 16.0. The fraction of sp³-hybridized carbons (Fsp3) is 0.650. The van der Waals surface area contributed by atoms with E-state index in [0.29, 0.717) is 26.3 Å². The predicted molar refractivity (Wildman–Crippen MR) is 105 cm³/mol. The zero-order valence-corrected chi connectivity index (χ0v) is 16.7. The van der Waals surface area contributed by atoms with Crippen molar-refractivity contribution < 1.29 is 14.2 Å². The summed E-state index contributed by atoms with van der Waals surface area (Å²) < 4.78 is 17.0. The van der Waals surface area contributed by atoms with E-state index in [4.69, 9.17) is 14.2 Å². The molecule has 1 aliphatic rings. The number of ether oxygens (including phenoxy) is 3. The molecule has 2 rings (SSSR count). The van der Waals surface area contributed by atoms with Crippen molar-refractivity contribution in [3.63, 3.8) is 0 Å². The van der Waals surface area contributed by atoms with Crippen LogP contribution in [0.1, 0.15) is 39.7 Å². The van der Waals surface area contributed by atoms with Gasteiger partial charge >= 0.3 is 0 Å². The van der Waals surface area contributed by atoms with Gasteiger partial charge in [0.25, 0.3) is 0 Å². The lowest BCUT2D eigenvalue weighted by atomic mass is 9.89. The molecule has 0 bridgehead atoms. The van der Waals surface area contributed by atoms with E-state index in [1.165, 1.54) is 0 Å². The maximum Gasteiger partial charge on any atom is 0.191 e. The molecule has 1 unspecified atom stereocenters. The van der Waals surface area contributed by atoms with Crippen LogP contribution < -0.4 is 20.1 Å². The minimum atomic E-state index is 0.0629. The number of methoxy groups -OCH3 is 1. The van der Waals surface area contributed by atoms with Gasteiger partial charge in [0.1, 0.15) is 0 Å². The van der Waals surface area contributed by atoms with Crippen LogP contribution in [-0.4, -0.2) is 45.5 Å². The molecule has 0 saturated heterocycles. The molecule has 1 atom stereocenters. The van der Waals surface area contributed by atoms with Gasteiger partial charge in [-0.05, 0) is 30.0 Å². The lowest BCUT2D eigenvalue weighted by Crippen LogP contribution is -2.45. The number of fused-ring (bicyclic) bond motifs is 1. The van der Waals surface area contributed by atoms with Crippen molar-refractivity contribution in [1.29, 1.82) is 0 Å². The fourth-order valence-electron chi connectivity index (χ4n) is 2.75. The molecule has 6 nitrogen and oxygen atoms in total. The molecule has 0 fully saturated rings. The first-order valence-corrected chi connectivity index (χ1v) is 9.37. The van der Waals surface area contributed by atoms with Gasteiger partial charge in [0, 0.05) is 26.6 Å². The summed E-state index contributed by atoms with van der Waals surface area (Å²) in [6.45, 7) is 12.0. The van der Waals surface area contributed by atoms with E-state index >= 15 is 0 Å². The number of nitrogens with one attached hydrogen (secondary N) is 2. The lowest BCUT2D eigenvalue weighted by Gasteiger charge is -2.30. The summed E-state index contributed by atoms with van der Waals surface area (Å²) in [5, 5.41) is 6.66. The zero-order valence-electron chi connectivity index (χ0n) is 16.7. The average Bonchev–Trinajstić information content (AvgIpc) is 2.83. The van der Waals surface area contributed by atoms with Gasteiger partial charge < -0.3 is 24.8 Å². The molecular weight excluding hydrogens is 330 g/mol. The van der Waals surface area contributed by atoms with Gasteiger partial charge in [0.05, 0.1) is 25.9 Å². The van der Waals surface area contributed by atoms with E-state index in [9.17, 15) is 0 Å². The SMILES string of the molecule is CCNC(=NCc1ccc2c(c1)OCCCO2)NCC(OC)C(C)(C)C. The quantitative estimate of drug-likeness (QED) is 0.601. The highest BCUT2D eigenvalue weighted by Gasteiger charge is 2.24. The van der Waals surface area contributed by atoms with Crippen molar-refractivity contribution in [3.8, 4) is 11.5 Å². The van der Waals surface area contributed by atoms with Crippen LogP contribution in [0.4, 0.5) is 0 Å². The first-order valence-electron chi connectivity index (χ1n) is 9.37. The number of rotatable bonds is 6. The molecule has 0 aliphatic carbocycles. The van der Waals surface area contributed by atoms with Crippen molar-refractivity contribution in [2.24, 2.45) is 10.4 Å². The van der Waals surface area contributed by atoms with Crippen molar-refractivity contribution in [1.82, 2.24) is 10.6 Å². The second-order valence-electron chi connectivity index (χ2n) is 7.50. The van der Waals surface area contributed by atoms with Crippen LogP contribution in [0.3, 0.4) is 0 Å². The Morgan fingerprint density at radius 3 is 2.58 bits per heavy atom. The van der Waals surface area contributed by atoms with Gasteiger partial charge in [-0.1, -0.05) is 26.8 Å². The van der Waals surface area contributed by atoms with Crippen LogP contribution in [0.2, 0.25) is 0 Å². The number of nitrogens with zero attached hydrogens (tertiary/aromatic N) is 1. The average molecular weight is 364 g/mol. The number of hydrogen-bond acceptors (Lipinski definition) is 4. The summed E-state index contributed by atoms with van der Waals surface area (Å²) in [7, 11) is 1.75. The smallest absolute Gasteiger partial charge is 0.191 e. The standard InChI is InChI=1S/C20H33N3O3/c1-6-21-19(23-14-18(24-5)20(2,3)4)22-13-15-8-9-16-17(12-15)26-11-7-10-25-16/h8-9,12,18H,6-7,10-11,13-14H2,1-5H3,(H2,21,22,23). The van der Waals surface area contributed by atoms with Gasteiger partial charge in [-0.2, -0.15) is 0 Å². The predicted octanol–water partition coefficient (Wildman–Crippen LogP) is 2.96. The molecule has 26 heavy (non-hydrogen) atoms. The van der Waals surface area contributed by atoms with E-state index in [2.05, 4.69) is 43.3 Å². The Balaban J connectivity index is 2.01. The van der Waals surface area contributed by atoms with E-state index < -0.39 is 0 Å². The van der Waals surface area contributed by atoms with Crippen LogP contribution in [-0.2, 0) is 11.3 Å². The summed E-state index contributed by atoms with van der Waals surface area (Å²) >= 11 is 0. The minimum absolute atomic E-state index is 0.0629. The molecule has 0 aromatic heterocycles. The number of aliphatic imine (C=N–C) groups is 1. The van der Waals surface area contributed by atoms with Crippen LogP contribution in [0, 0.1) is 5.41 Å². The first kappa shape index (κ1) is 20.4. The van der Waals surface area contributed by atoms with E-state index in [1.54, 1.807) is 7.11 Å². The second kappa shape index (κ2) is 9.67. The summed E-state index contributed by atoms with van der Waals surface area (Å²) in [6, 6.07) is 6.01. The van der Waals surface area contributed by atoms with Crippen LogP contribution >= 0.6 is 0 Å². The van der Waals surface area contributed by atoms with Gasteiger partial charge in [-0.25, -0.2) is 4.99 Å². The van der Waals surface area contributed by atoms with E-state index in [1.807, 2.05) is 18.2 Å². The van der Waals surface area contributed by atoms with Crippen molar-refractivity contribution in [2.75, 3.05) is 33.4 Å². The molecule has 0 amide bonds. The second-order valence-corrected chi connectivity index (χ2v) is 7.50. The Bertz CT molecular complexity index is 596. The third kappa shape index (κ3) is 6.09. The molecule has 1 heterocycles. The molecule has 2 N–H and O–H groups in total. The van der Waals surface area contributed by atoms with Crippen molar-refractivity contribution in [3.05, 3.63) is 23.8 Å². The van der Waals surface area contributed by atoms with Crippen molar-refractivity contribution >= 4 is 5.96 Å². The zero-order chi connectivity index (χ0) is 19.0.